The molecular weight excluding hydrogens is 422 g/mol. The van der Waals surface area contributed by atoms with Gasteiger partial charge in [-0.1, -0.05) is 85.3 Å². The Balaban J connectivity index is 0.000000222. The molecule has 3 aromatic rings. The highest BCUT2D eigenvalue weighted by atomic mass is 32.2. The number of aliphatic hydroxyl groups is 1. The Kier molecular flexibility index (Phi) is 8.21. The second-order valence-electron chi connectivity index (χ2n) is 8.34. The van der Waals surface area contributed by atoms with E-state index in [0.717, 1.165) is 25.1 Å². The Morgan fingerprint density at radius 2 is 1.38 bits per heavy atom. The number of hydrogen-bond donors (Lipinski definition) is 2. The third kappa shape index (κ3) is 6.50. The first kappa shape index (κ1) is 24.1. The first-order valence-corrected chi connectivity index (χ1v) is 12.3. The maximum absolute atomic E-state index is 10.5. The zero-order valence-corrected chi connectivity index (χ0v) is 19.3. The molecule has 6 heteroatoms. The number of likely N-dealkylation sites (tertiary alicyclic amines) is 1. The lowest BCUT2D eigenvalue weighted by Gasteiger charge is -2.40. The predicted octanol–water partition coefficient (Wildman–Crippen LogP) is 4.72. The molecule has 1 fully saturated rings. The molecule has 1 heterocycles. The number of aryl methyl sites for hydroxylation is 1. The summed E-state index contributed by atoms with van der Waals surface area (Å²) in [5.74, 6) is 0.327. The van der Waals surface area contributed by atoms with E-state index in [4.69, 9.17) is 4.55 Å². The fourth-order valence-corrected chi connectivity index (χ4v) is 4.47. The van der Waals surface area contributed by atoms with E-state index in [1.165, 1.54) is 23.3 Å². The van der Waals surface area contributed by atoms with Gasteiger partial charge in [0, 0.05) is 13.1 Å². The highest BCUT2D eigenvalue weighted by Crippen LogP contribution is 2.32. The minimum Gasteiger partial charge on any atom is -0.393 e. The first-order chi connectivity index (χ1) is 15.3. The van der Waals surface area contributed by atoms with Crippen molar-refractivity contribution in [2.75, 3.05) is 13.1 Å². The fourth-order valence-electron chi connectivity index (χ4n) is 3.99. The van der Waals surface area contributed by atoms with E-state index in [-0.39, 0.29) is 17.0 Å². The molecule has 0 bridgehead atoms. The van der Waals surface area contributed by atoms with Crippen molar-refractivity contribution in [2.45, 2.75) is 37.3 Å². The van der Waals surface area contributed by atoms with Gasteiger partial charge in [0.15, 0.2) is 0 Å². The zero-order valence-electron chi connectivity index (χ0n) is 18.5. The van der Waals surface area contributed by atoms with Crippen molar-refractivity contribution in [1.29, 1.82) is 0 Å². The van der Waals surface area contributed by atoms with Gasteiger partial charge in [-0.2, -0.15) is 8.42 Å². The molecule has 2 atom stereocenters. The summed E-state index contributed by atoms with van der Waals surface area (Å²) >= 11 is 0. The lowest BCUT2D eigenvalue weighted by Crippen LogP contribution is -2.44. The summed E-state index contributed by atoms with van der Waals surface area (Å²) in [7, 11) is -4.02. The molecule has 0 aliphatic carbocycles. The average molecular weight is 454 g/mol. The summed E-state index contributed by atoms with van der Waals surface area (Å²) in [5.41, 5.74) is 3.61. The minimum absolute atomic E-state index is 0.0666. The molecule has 0 spiro atoms. The third-order valence-electron chi connectivity index (χ3n) is 5.81. The van der Waals surface area contributed by atoms with Gasteiger partial charge in [-0.3, -0.25) is 9.45 Å². The lowest BCUT2D eigenvalue weighted by atomic mass is 9.91. The van der Waals surface area contributed by atoms with Gasteiger partial charge in [-0.05, 0) is 42.5 Å². The summed E-state index contributed by atoms with van der Waals surface area (Å²) in [6.45, 7) is 5.87. The number of benzene rings is 3. The highest BCUT2D eigenvalue weighted by Gasteiger charge is 2.30. The average Bonchev–Trinajstić information content (AvgIpc) is 2.78. The molecule has 0 aromatic heterocycles. The molecule has 1 aliphatic heterocycles. The molecule has 0 amide bonds. The molecule has 5 nitrogen and oxygen atoms in total. The van der Waals surface area contributed by atoms with Gasteiger partial charge in [-0.25, -0.2) is 0 Å². The fraction of sp³-hybridized carbons (Fsp3) is 0.308. The summed E-state index contributed by atoms with van der Waals surface area (Å²) in [4.78, 5) is 2.44. The summed E-state index contributed by atoms with van der Waals surface area (Å²) < 4.78 is 29.6. The second-order valence-corrected chi connectivity index (χ2v) is 9.76. The molecule has 2 unspecified atom stereocenters. The van der Waals surface area contributed by atoms with E-state index >= 15 is 0 Å². The summed E-state index contributed by atoms with van der Waals surface area (Å²) in [5, 5.41) is 9.99. The number of rotatable bonds is 4. The quantitative estimate of drug-likeness (QED) is 0.559. The minimum atomic E-state index is -4.02. The Bertz CT molecular complexity index is 1030. The normalized spacial score (nSPS) is 19.3. The molecular formula is C26H31NO4S. The van der Waals surface area contributed by atoms with Gasteiger partial charge in [0.25, 0.3) is 10.1 Å². The lowest BCUT2D eigenvalue weighted by molar-refractivity contribution is 0.0234. The van der Waals surface area contributed by atoms with Crippen LogP contribution in [0.4, 0.5) is 0 Å². The van der Waals surface area contributed by atoms with E-state index < -0.39 is 10.1 Å². The van der Waals surface area contributed by atoms with Crippen molar-refractivity contribution in [2.24, 2.45) is 5.92 Å². The van der Waals surface area contributed by atoms with Crippen LogP contribution in [0.2, 0.25) is 0 Å². The standard InChI is InChI=1S/C19H23NO.C7H8O3S/c1-15-14-20(13-12-18(15)21)19(16-8-4-2-5-9-16)17-10-6-3-7-11-17;1-6-2-4-7(5-3-6)11(8,9)10/h2-11,15,18-19,21H,12-14H2,1H3;2-5H,1H3,(H,8,9,10). The number of hydrogen-bond acceptors (Lipinski definition) is 4. The van der Waals surface area contributed by atoms with Gasteiger partial charge in [0.05, 0.1) is 17.0 Å². The molecule has 1 aliphatic rings. The van der Waals surface area contributed by atoms with Crippen LogP contribution >= 0.6 is 0 Å². The van der Waals surface area contributed by atoms with Gasteiger partial charge in [0.2, 0.25) is 0 Å². The van der Waals surface area contributed by atoms with E-state index in [1.807, 2.05) is 6.92 Å². The van der Waals surface area contributed by atoms with Crippen molar-refractivity contribution >= 4 is 10.1 Å². The van der Waals surface area contributed by atoms with Gasteiger partial charge < -0.3 is 5.11 Å². The molecule has 4 rings (SSSR count). The number of nitrogens with zero attached hydrogens (tertiary/aromatic N) is 1. The van der Waals surface area contributed by atoms with Gasteiger partial charge >= 0.3 is 0 Å². The zero-order chi connectivity index (χ0) is 23.1. The van der Waals surface area contributed by atoms with E-state index in [9.17, 15) is 13.5 Å². The summed E-state index contributed by atoms with van der Waals surface area (Å²) in [6, 6.07) is 27.6. The van der Waals surface area contributed by atoms with Crippen molar-refractivity contribution in [1.82, 2.24) is 4.90 Å². The second kappa shape index (κ2) is 10.9. The molecule has 3 aromatic carbocycles. The molecule has 0 saturated carbocycles. The highest BCUT2D eigenvalue weighted by molar-refractivity contribution is 7.85. The maximum Gasteiger partial charge on any atom is 0.294 e. The molecule has 32 heavy (non-hydrogen) atoms. The van der Waals surface area contributed by atoms with Crippen LogP contribution in [-0.2, 0) is 10.1 Å². The monoisotopic (exact) mass is 453 g/mol. The van der Waals surface area contributed by atoms with Crippen molar-refractivity contribution in [3.05, 3.63) is 102 Å². The van der Waals surface area contributed by atoms with E-state index in [1.54, 1.807) is 12.1 Å². The van der Waals surface area contributed by atoms with Crippen LogP contribution in [0.15, 0.2) is 89.8 Å². The predicted molar refractivity (Wildman–Crippen MR) is 127 cm³/mol. The third-order valence-corrected chi connectivity index (χ3v) is 6.67. The maximum atomic E-state index is 10.5. The van der Waals surface area contributed by atoms with Crippen LogP contribution in [0.25, 0.3) is 0 Å². The largest absolute Gasteiger partial charge is 0.393 e. The molecule has 1 saturated heterocycles. The smallest absolute Gasteiger partial charge is 0.294 e. The van der Waals surface area contributed by atoms with Crippen LogP contribution in [-0.4, -0.2) is 42.2 Å². The SMILES string of the molecule is CC1CN(C(c2ccccc2)c2ccccc2)CCC1O.Cc1ccc(S(=O)(=O)O)cc1. The molecule has 170 valence electrons. The Hall–Kier alpha value is -2.51. The Labute approximate surface area is 191 Å². The topological polar surface area (TPSA) is 77.8 Å². The van der Waals surface area contributed by atoms with Gasteiger partial charge in [0.1, 0.15) is 0 Å². The van der Waals surface area contributed by atoms with E-state index in [2.05, 4.69) is 72.5 Å². The Morgan fingerprint density at radius 1 is 0.875 bits per heavy atom. The van der Waals surface area contributed by atoms with Crippen molar-refractivity contribution in [3.63, 3.8) is 0 Å². The summed E-state index contributed by atoms with van der Waals surface area (Å²) in [6.07, 6.45) is 0.700. The van der Waals surface area contributed by atoms with Crippen LogP contribution in [0, 0.1) is 12.8 Å². The first-order valence-electron chi connectivity index (χ1n) is 10.8. The number of aliphatic hydroxyl groups excluding tert-OH is 1. The van der Waals surface area contributed by atoms with Crippen LogP contribution in [0.5, 0.6) is 0 Å². The molecule has 2 N–H and O–H groups in total. The van der Waals surface area contributed by atoms with Gasteiger partial charge in [-0.15, -0.1) is 0 Å². The van der Waals surface area contributed by atoms with Crippen molar-refractivity contribution in [3.8, 4) is 0 Å². The molecule has 0 radical (unpaired) electrons. The number of piperidine rings is 1. The van der Waals surface area contributed by atoms with Crippen LogP contribution in [0.1, 0.15) is 36.1 Å². The van der Waals surface area contributed by atoms with Crippen LogP contribution in [0.3, 0.4) is 0 Å². The van der Waals surface area contributed by atoms with Crippen molar-refractivity contribution < 1.29 is 18.1 Å². The Morgan fingerprint density at radius 3 is 1.81 bits per heavy atom. The van der Waals surface area contributed by atoms with Crippen LogP contribution < -0.4 is 0 Å². The van der Waals surface area contributed by atoms with E-state index in [0.29, 0.717) is 5.92 Å².